The van der Waals surface area contributed by atoms with Crippen molar-refractivity contribution in [3.05, 3.63) is 0 Å². The summed E-state index contributed by atoms with van der Waals surface area (Å²) < 4.78 is 0. The van der Waals surface area contributed by atoms with Crippen LogP contribution in [-0.2, 0) is 19.2 Å². The zero-order chi connectivity index (χ0) is 14.1. The lowest BCUT2D eigenvalue weighted by Crippen LogP contribution is -2.20. The third kappa shape index (κ3) is 7.83. The van der Waals surface area contributed by atoms with Crippen molar-refractivity contribution in [3.8, 4) is 0 Å². The van der Waals surface area contributed by atoms with Gasteiger partial charge in [-0.15, -0.1) is 0 Å². The molecule has 0 fully saturated rings. The Labute approximate surface area is 109 Å². The highest BCUT2D eigenvalue weighted by Gasteiger charge is 2.22. The van der Waals surface area contributed by atoms with Gasteiger partial charge in [-0.05, 0) is 0 Å². The van der Waals surface area contributed by atoms with E-state index in [1.807, 2.05) is 0 Å². The fraction of sp³-hybridized carbons (Fsp3) is 0.636. The Morgan fingerprint density at radius 2 is 1.72 bits per heavy atom. The summed E-state index contributed by atoms with van der Waals surface area (Å²) >= 11 is 0.772. The van der Waals surface area contributed by atoms with E-state index in [0.29, 0.717) is 0 Å². The van der Waals surface area contributed by atoms with Crippen LogP contribution in [0.5, 0.6) is 0 Å². The van der Waals surface area contributed by atoms with Gasteiger partial charge in [0.1, 0.15) is 5.78 Å². The Kier molecular flexibility index (Phi) is 8.02. The van der Waals surface area contributed by atoms with E-state index in [1.54, 1.807) is 6.92 Å². The number of aliphatic carboxylic acids is 2. The first kappa shape index (κ1) is 16.6. The minimum atomic E-state index is -1.12. The third-order valence-electron chi connectivity index (χ3n) is 2.21. The van der Waals surface area contributed by atoms with Crippen LogP contribution < -0.4 is 0 Å². The molecule has 0 rings (SSSR count). The van der Waals surface area contributed by atoms with Gasteiger partial charge in [-0.1, -0.05) is 18.7 Å². The number of carbonyl (C=O) groups is 4. The molecule has 6 nitrogen and oxygen atoms in total. The van der Waals surface area contributed by atoms with Gasteiger partial charge in [0.25, 0.3) is 0 Å². The molecule has 0 aliphatic rings. The van der Waals surface area contributed by atoms with Crippen LogP contribution in [0.15, 0.2) is 0 Å². The van der Waals surface area contributed by atoms with Gasteiger partial charge < -0.3 is 10.2 Å². The zero-order valence-electron chi connectivity index (χ0n) is 10.0. The number of hydrogen-bond donors (Lipinski definition) is 2. The highest BCUT2D eigenvalue weighted by molar-refractivity contribution is 8.13. The minimum absolute atomic E-state index is 0.000471. The Hall–Kier alpha value is -1.37. The molecule has 0 saturated heterocycles. The van der Waals surface area contributed by atoms with Crippen LogP contribution in [0.4, 0.5) is 0 Å². The molecule has 7 heteroatoms. The number of rotatable bonds is 9. The highest BCUT2D eigenvalue weighted by atomic mass is 32.2. The number of carbonyl (C=O) groups excluding carboxylic acids is 2. The molecule has 0 bridgehead atoms. The Balaban J connectivity index is 4.11. The normalized spacial score (nSPS) is 11.8. The maximum atomic E-state index is 11.3. The first-order chi connectivity index (χ1) is 8.36. The Morgan fingerprint density at radius 1 is 1.11 bits per heavy atom. The predicted octanol–water partition coefficient (Wildman–Crippen LogP) is 1.18. The van der Waals surface area contributed by atoms with E-state index in [9.17, 15) is 19.2 Å². The lowest BCUT2D eigenvalue weighted by atomic mass is 10.0. The molecule has 1 unspecified atom stereocenters. The standard InChI is InChI=1S/C11H16O6S/c1-2-8(12)5-7(11(16)17)6-18-10(15)4-3-9(13)14/h7H,2-6H2,1H3,(H,13,14)(H,16,17). The van der Waals surface area contributed by atoms with E-state index in [2.05, 4.69) is 0 Å². The van der Waals surface area contributed by atoms with Crippen molar-refractivity contribution < 1.29 is 29.4 Å². The molecule has 0 heterocycles. The van der Waals surface area contributed by atoms with Crippen LogP contribution in [0.3, 0.4) is 0 Å². The predicted molar refractivity (Wildman–Crippen MR) is 65.4 cm³/mol. The molecule has 1 atom stereocenters. The fourth-order valence-electron chi connectivity index (χ4n) is 1.11. The van der Waals surface area contributed by atoms with E-state index in [0.717, 1.165) is 11.8 Å². The lowest BCUT2D eigenvalue weighted by Gasteiger charge is -2.09. The average molecular weight is 276 g/mol. The van der Waals surface area contributed by atoms with Gasteiger partial charge in [0.05, 0.1) is 12.3 Å². The number of hydrogen-bond acceptors (Lipinski definition) is 5. The molecule has 0 aromatic carbocycles. The van der Waals surface area contributed by atoms with Crippen LogP contribution in [-0.4, -0.2) is 38.8 Å². The lowest BCUT2D eigenvalue weighted by molar-refractivity contribution is -0.142. The van der Waals surface area contributed by atoms with E-state index in [-0.39, 0.29) is 42.3 Å². The fourth-order valence-corrected chi connectivity index (χ4v) is 2.01. The van der Waals surface area contributed by atoms with Crippen molar-refractivity contribution in [1.29, 1.82) is 0 Å². The summed E-state index contributed by atoms with van der Waals surface area (Å²) in [5.41, 5.74) is 0. The van der Waals surface area contributed by atoms with Crippen molar-refractivity contribution in [2.75, 3.05) is 5.75 Å². The van der Waals surface area contributed by atoms with Gasteiger partial charge in [0.15, 0.2) is 5.12 Å². The summed E-state index contributed by atoms with van der Waals surface area (Å²) in [4.78, 5) is 43.5. The average Bonchev–Trinajstić information content (AvgIpc) is 2.30. The second-order valence-corrected chi connectivity index (χ2v) is 4.79. The summed E-state index contributed by atoms with van der Waals surface area (Å²) in [6.07, 6.45) is -0.224. The number of carboxylic acids is 2. The molecule has 0 saturated carbocycles. The summed E-state index contributed by atoms with van der Waals surface area (Å²) in [5.74, 6) is -3.24. The first-order valence-corrected chi connectivity index (χ1v) is 6.47. The van der Waals surface area contributed by atoms with Gasteiger partial charge in [0, 0.05) is 25.0 Å². The largest absolute Gasteiger partial charge is 0.481 e. The zero-order valence-corrected chi connectivity index (χ0v) is 10.9. The number of ketones is 1. The van der Waals surface area contributed by atoms with Crippen molar-refractivity contribution in [2.45, 2.75) is 32.6 Å². The second kappa shape index (κ2) is 8.68. The maximum Gasteiger partial charge on any atom is 0.307 e. The number of thioether (sulfide) groups is 1. The second-order valence-electron chi connectivity index (χ2n) is 3.71. The van der Waals surface area contributed by atoms with E-state index >= 15 is 0 Å². The third-order valence-corrected chi connectivity index (χ3v) is 3.30. The molecule has 0 aliphatic carbocycles. The molecule has 0 aromatic rings. The van der Waals surface area contributed by atoms with E-state index < -0.39 is 17.9 Å². The molecule has 0 radical (unpaired) electrons. The SMILES string of the molecule is CCC(=O)CC(CSC(=O)CCC(=O)O)C(=O)O. The van der Waals surface area contributed by atoms with Crippen molar-refractivity contribution in [2.24, 2.45) is 5.92 Å². The molecular formula is C11H16O6S. The monoisotopic (exact) mass is 276 g/mol. The van der Waals surface area contributed by atoms with Crippen LogP contribution in [0, 0.1) is 5.92 Å². The number of carboxylic acid groups (broad SMARTS) is 2. The van der Waals surface area contributed by atoms with Crippen LogP contribution in [0.2, 0.25) is 0 Å². The molecule has 2 N–H and O–H groups in total. The first-order valence-electron chi connectivity index (χ1n) is 5.48. The molecule has 0 spiro atoms. The van der Waals surface area contributed by atoms with Crippen LogP contribution in [0.25, 0.3) is 0 Å². The summed E-state index contributed by atoms with van der Waals surface area (Å²) in [5, 5.41) is 16.9. The Bertz CT molecular complexity index is 338. The van der Waals surface area contributed by atoms with Crippen molar-refractivity contribution in [3.63, 3.8) is 0 Å². The van der Waals surface area contributed by atoms with Gasteiger partial charge in [-0.25, -0.2) is 0 Å². The van der Waals surface area contributed by atoms with Crippen LogP contribution in [0.1, 0.15) is 32.6 Å². The summed E-state index contributed by atoms with van der Waals surface area (Å²) in [7, 11) is 0. The quantitative estimate of drug-likeness (QED) is 0.650. The molecule has 18 heavy (non-hydrogen) atoms. The molecule has 0 aliphatic heterocycles. The van der Waals surface area contributed by atoms with E-state index in [1.165, 1.54) is 0 Å². The summed E-state index contributed by atoms with van der Waals surface area (Å²) in [6, 6.07) is 0. The molecule has 0 aromatic heterocycles. The van der Waals surface area contributed by atoms with Gasteiger partial charge in [0.2, 0.25) is 0 Å². The van der Waals surface area contributed by atoms with Crippen LogP contribution >= 0.6 is 11.8 Å². The van der Waals surface area contributed by atoms with Crippen molar-refractivity contribution in [1.82, 2.24) is 0 Å². The molecule has 0 amide bonds. The topological polar surface area (TPSA) is 109 Å². The van der Waals surface area contributed by atoms with Crippen molar-refractivity contribution >= 4 is 34.6 Å². The molecular weight excluding hydrogens is 260 g/mol. The molecule has 102 valence electrons. The number of Topliss-reactive ketones (excluding diaryl/α,β-unsaturated/α-hetero) is 1. The maximum absolute atomic E-state index is 11.3. The van der Waals surface area contributed by atoms with E-state index in [4.69, 9.17) is 10.2 Å². The van der Waals surface area contributed by atoms with Gasteiger partial charge >= 0.3 is 11.9 Å². The van der Waals surface area contributed by atoms with Gasteiger partial charge in [-0.3, -0.25) is 19.2 Å². The highest BCUT2D eigenvalue weighted by Crippen LogP contribution is 2.16. The smallest absolute Gasteiger partial charge is 0.307 e. The Morgan fingerprint density at radius 3 is 2.17 bits per heavy atom. The summed E-state index contributed by atoms with van der Waals surface area (Å²) in [6.45, 7) is 1.65. The van der Waals surface area contributed by atoms with Gasteiger partial charge in [-0.2, -0.15) is 0 Å². The minimum Gasteiger partial charge on any atom is -0.481 e.